The van der Waals surface area contributed by atoms with E-state index in [2.05, 4.69) is 75.5 Å². The molecule has 1 atom stereocenters. The second kappa shape index (κ2) is 66.6. The smallest absolute Gasteiger partial charge is 0.306 e. The van der Waals surface area contributed by atoms with Crippen molar-refractivity contribution in [3.05, 3.63) is 60.8 Å². The van der Waals surface area contributed by atoms with Crippen molar-refractivity contribution >= 4 is 17.9 Å². The Hall–Kier alpha value is -2.89. The molecule has 0 amide bonds. The minimum Gasteiger partial charge on any atom is -0.462 e. The molecule has 6 heteroatoms. The summed E-state index contributed by atoms with van der Waals surface area (Å²) in [6.07, 6.45) is 85.6. The monoisotopic (exact) mass is 1090 g/mol. The molecule has 0 saturated heterocycles. The lowest BCUT2D eigenvalue weighted by Gasteiger charge is -2.18. The summed E-state index contributed by atoms with van der Waals surface area (Å²) in [5.41, 5.74) is 0. The van der Waals surface area contributed by atoms with Gasteiger partial charge in [-0.15, -0.1) is 0 Å². The van der Waals surface area contributed by atoms with Gasteiger partial charge in [0.2, 0.25) is 0 Å². The third-order valence-electron chi connectivity index (χ3n) is 15.3. The van der Waals surface area contributed by atoms with Crippen LogP contribution in [0.25, 0.3) is 0 Å². The van der Waals surface area contributed by atoms with Crippen LogP contribution in [0.3, 0.4) is 0 Å². The molecule has 0 spiro atoms. The number of rotatable bonds is 63. The van der Waals surface area contributed by atoms with Crippen LogP contribution in [0.15, 0.2) is 60.8 Å². The normalized spacial score (nSPS) is 12.4. The van der Waals surface area contributed by atoms with Crippen LogP contribution in [0, 0.1) is 0 Å². The standard InChI is InChI=1S/C72H130O6/c1-4-7-10-13-16-19-22-25-27-29-31-32-33-34-35-36-37-38-39-41-42-44-47-50-53-56-59-62-65-71(74)77-68-69(67-76-70(73)64-61-58-55-52-49-46-24-21-18-15-12-9-6-3)78-72(75)66-63-60-57-54-51-48-45-43-40-30-28-26-23-20-17-14-11-8-5-2/h9,12,18,21,26,28,46,49,55,58,69H,4-8,10-11,13-17,19-20,22-25,27,29-45,47-48,50-54,56-57,59-68H2,1-3H3/b12-9-,21-18-,28-26-,49-46-,58-55-. The number of carbonyl (C=O) groups is 3. The van der Waals surface area contributed by atoms with E-state index in [0.29, 0.717) is 19.3 Å². The van der Waals surface area contributed by atoms with Gasteiger partial charge in [0.25, 0.3) is 0 Å². The maximum atomic E-state index is 12.9. The average Bonchev–Trinajstić information content (AvgIpc) is 3.44. The van der Waals surface area contributed by atoms with E-state index in [1.54, 1.807) is 0 Å². The van der Waals surface area contributed by atoms with Crippen molar-refractivity contribution in [2.75, 3.05) is 13.2 Å². The summed E-state index contributed by atoms with van der Waals surface area (Å²) in [6, 6.07) is 0. The Labute approximate surface area is 485 Å². The minimum atomic E-state index is -0.803. The maximum Gasteiger partial charge on any atom is 0.306 e. The Balaban J connectivity index is 4.23. The second-order valence-corrected chi connectivity index (χ2v) is 23.1. The highest BCUT2D eigenvalue weighted by molar-refractivity contribution is 5.71. The molecule has 0 aliphatic rings. The Bertz CT molecular complexity index is 1390. The zero-order valence-electron chi connectivity index (χ0n) is 52.2. The molecule has 0 aromatic heterocycles. The first-order chi connectivity index (χ1) is 38.5. The molecule has 0 aromatic rings. The highest BCUT2D eigenvalue weighted by atomic mass is 16.6. The van der Waals surface area contributed by atoms with E-state index in [0.717, 1.165) is 64.2 Å². The largest absolute Gasteiger partial charge is 0.462 e. The molecule has 0 bridgehead atoms. The molecule has 0 heterocycles. The number of unbranched alkanes of at least 4 members (excludes halogenated alkanes) is 42. The first-order valence-corrected chi connectivity index (χ1v) is 34.3. The van der Waals surface area contributed by atoms with Gasteiger partial charge in [0.1, 0.15) is 13.2 Å². The number of esters is 3. The van der Waals surface area contributed by atoms with E-state index in [-0.39, 0.29) is 37.5 Å². The lowest BCUT2D eigenvalue weighted by atomic mass is 10.0. The molecule has 0 radical (unpaired) electrons. The average molecular weight is 1090 g/mol. The van der Waals surface area contributed by atoms with Gasteiger partial charge in [-0.05, 0) is 70.6 Å². The van der Waals surface area contributed by atoms with Crippen molar-refractivity contribution in [3.63, 3.8) is 0 Å². The summed E-state index contributed by atoms with van der Waals surface area (Å²) in [4.78, 5) is 38.3. The molecular formula is C72H130O6. The summed E-state index contributed by atoms with van der Waals surface area (Å²) >= 11 is 0. The number of ether oxygens (including phenoxy) is 3. The van der Waals surface area contributed by atoms with Gasteiger partial charge in [-0.2, -0.15) is 0 Å². The van der Waals surface area contributed by atoms with Crippen LogP contribution >= 0.6 is 0 Å². The summed E-state index contributed by atoms with van der Waals surface area (Å²) in [7, 11) is 0. The Kier molecular flexibility index (Phi) is 64.2. The third kappa shape index (κ3) is 63.9. The van der Waals surface area contributed by atoms with E-state index in [1.807, 2.05) is 6.08 Å². The van der Waals surface area contributed by atoms with Crippen LogP contribution in [0.1, 0.15) is 361 Å². The van der Waals surface area contributed by atoms with Crippen molar-refractivity contribution < 1.29 is 28.6 Å². The number of carbonyl (C=O) groups excluding carboxylic acids is 3. The lowest BCUT2D eigenvalue weighted by molar-refractivity contribution is -0.166. The van der Waals surface area contributed by atoms with Gasteiger partial charge in [0, 0.05) is 19.3 Å². The van der Waals surface area contributed by atoms with E-state index >= 15 is 0 Å². The van der Waals surface area contributed by atoms with Gasteiger partial charge < -0.3 is 14.2 Å². The van der Waals surface area contributed by atoms with Crippen LogP contribution in [0.4, 0.5) is 0 Å². The molecule has 78 heavy (non-hydrogen) atoms. The molecule has 0 rings (SSSR count). The summed E-state index contributed by atoms with van der Waals surface area (Å²) < 4.78 is 16.9. The molecule has 0 fully saturated rings. The van der Waals surface area contributed by atoms with Crippen molar-refractivity contribution in [2.45, 2.75) is 367 Å². The van der Waals surface area contributed by atoms with Crippen LogP contribution in [0.2, 0.25) is 0 Å². The van der Waals surface area contributed by atoms with Gasteiger partial charge in [-0.25, -0.2) is 0 Å². The van der Waals surface area contributed by atoms with Gasteiger partial charge in [-0.3, -0.25) is 14.4 Å². The first kappa shape index (κ1) is 75.1. The lowest BCUT2D eigenvalue weighted by Crippen LogP contribution is -2.30. The van der Waals surface area contributed by atoms with Gasteiger partial charge in [0.15, 0.2) is 6.10 Å². The van der Waals surface area contributed by atoms with Gasteiger partial charge in [-0.1, -0.05) is 332 Å². The van der Waals surface area contributed by atoms with Crippen molar-refractivity contribution in [3.8, 4) is 0 Å². The van der Waals surface area contributed by atoms with E-state index in [9.17, 15) is 14.4 Å². The van der Waals surface area contributed by atoms with Crippen LogP contribution in [-0.4, -0.2) is 37.2 Å². The zero-order valence-corrected chi connectivity index (χ0v) is 52.2. The molecule has 0 aromatic carbocycles. The van der Waals surface area contributed by atoms with Crippen molar-refractivity contribution in [1.82, 2.24) is 0 Å². The van der Waals surface area contributed by atoms with Crippen molar-refractivity contribution in [2.24, 2.45) is 0 Å². The minimum absolute atomic E-state index is 0.0935. The first-order valence-electron chi connectivity index (χ1n) is 34.3. The Morgan fingerprint density at radius 3 is 0.859 bits per heavy atom. The van der Waals surface area contributed by atoms with Gasteiger partial charge in [0.05, 0.1) is 0 Å². The summed E-state index contributed by atoms with van der Waals surface area (Å²) in [5, 5.41) is 0. The fraction of sp³-hybridized carbons (Fsp3) is 0.819. The molecule has 0 aliphatic heterocycles. The molecule has 454 valence electrons. The molecule has 0 saturated carbocycles. The zero-order chi connectivity index (χ0) is 56.4. The summed E-state index contributed by atoms with van der Waals surface area (Å²) in [5.74, 6) is -0.961. The third-order valence-corrected chi connectivity index (χ3v) is 15.3. The molecule has 1 unspecified atom stereocenters. The summed E-state index contributed by atoms with van der Waals surface area (Å²) in [6.45, 7) is 6.51. The fourth-order valence-corrected chi connectivity index (χ4v) is 10.2. The number of allylic oxidation sites excluding steroid dienone is 10. The quantitative estimate of drug-likeness (QED) is 0.0261. The topological polar surface area (TPSA) is 78.9 Å². The molecule has 0 N–H and O–H groups in total. The van der Waals surface area contributed by atoms with E-state index in [4.69, 9.17) is 14.2 Å². The highest BCUT2D eigenvalue weighted by Gasteiger charge is 2.19. The molecule has 0 aliphatic carbocycles. The van der Waals surface area contributed by atoms with Crippen LogP contribution in [-0.2, 0) is 28.6 Å². The Morgan fingerprint density at radius 2 is 0.526 bits per heavy atom. The second-order valence-electron chi connectivity index (χ2n) is 23.1. The Morgan fingerprint density at radius 1 is 0.269 bits per heavy atom. The van der Waals surface area contributed by atoms with Crippen LogP contribution < -0.4 is 0 Å². The van der Waals surface area contributed by atoms with Crippen LogP contribution in [0.5, 0.6) is 0 Å². The maximum absolute atomic E-state index is 12.9. The molecular weight excluding hydrogens is 961 g/mol. The number of hydrogen-bond donors (Lipinski definition) is 0. The molecule has 6 nitrogen and oxygen atoms in total. The predicted molar refractivity (Wildman–Crippen MR) is 339 cm³/mol. The van der Waals surface area contributed by atoms with Crippen molar-refractivity contribution in [1.29, 1.82) is 0 Å². The SMILES string of the molecule is CC/C=C\C/C=C\C/C=C\C/C=C\CCC(=O)OCC(COC(=O)CCCCCCCCCCCCCCCCCCCCCCCCCCCCCC)OC(=O)CCCCCCCCCCC/C=C\CCCCCCCC. The fourth-order valence-electron chi connectivity index (χ4n) is 10.2. The van der Waals surface area contributed by atoms with E-state index < -0.39 is 6.10 Å². The highest BCUT2D eigenvalue weighted by Crippen LogP contribution is 2.18. The predicted octanol–water partition coefficient (Wildman–Crippen LogP) is 23.5. The van der Waals surface area contributed by atoms with Gasteiger partial charge >= 0.3 is 17.9 Å². The van der Waals surface area contributed by atoms with E-state index in [1.165, 1.54) is 250 Å². The number of hydrogen-bond acceptors (Lipinski definition) is 6.